The van der Waals surface area contributed by atoms with Crippen LogP contribution in [0, 0.1) is 0 Å². The second-order valence-electron chi connectivity index (χ2n) is 4.97. The molecule has 0 atom stereocenters. The Labute approximate surface area is 143 Å². The third kappa shape index (κ3) is 3.60. The van der Waals surface area contributed by atoms with Gasteiger partial charge in [-0.25, -0.2) is 4.98 Å². The minimum Gasteiger partial charge on any atom is -0.313 e. The van der Waals surface area contributed by atoms with Gasteiger partial charge in [0.05, 0.1) is 21.0 Å². The van der Waals surface area contributed by atoms with Gasteiger partial charge in [0, 0.05) is 7.05 Å². The number of carbonyl (C=O) groups excluding carboxylic acids is 1. The number of benzene rings is 2. The molecule has 0 saturated carbocycles. The minimum absolute atomic E-state index is 0.119. The molecule has 0 aliphatic rings. The van der Waals surface area contributed by atoms with Gasteiger partial charge < -0.3 is 4.57 Å². The summed E-state index contributed by atoms with van der Waals surface area (Å²) in [5, 5.41) is 2.84. The lowest BCUT2D eigenvalue weighted by atomic mass is 10.2. The van der Waals surface area contributed by atoms with Crippen molar-refractivity contribution < 1.29 is 4.79 Å². The summed E-state index contributed by atoms with van der Waals surface area (Å²) in [7, 11) is 1.88. The molecule has 2 aromatic carbocycles. The number of hydrogen-bond donors (Lipinski definition) is 1. The van der Waals surface area contributed by atoms with E-state index in [1.165, 1.54) is 11.8 Å². The summed E-state index contributed by atoms with van der Waals surface area (Å²) >= 11 is 6.70. The van der Waals surface area contributed by atoms with Gasteiger partial charge in [-0.05, 0) is 17.7 Å². The molecule has 3 aromatic rings. The number of amides is 1. The van der Waals surface area contributed by atoms with E-state index < -0.39 is 0 Å². The Kier molecular flexibility index (Phi) is 4.73. The molecule has 0 saturated heterocycles. The van der Waals surface area contributed by atoms with E-state index in [0.29, 0.717) is 10.1 Å². The predicted octanol–water partition coefficient (Wildman–Crippen LogP) is 3.62. The highest BCUT2D eigenvalue weighted by atomic mass is 32.2. The second-order valence-corrected chi connectivity index (χ2v) is 6.63. The number of nitrogens with one attached hydrogen (secondary N) is 1. The van der Waals surface area contributed by atoms with E-state index >= 15 is 0 Å². The number of fused-ring (bicyclic) bond motifs is 1. The average molecular weight is 341 g/mol. The number of rotatable bonds is 4. The molecule has 0 bridgehead atoms. The number of hydrogen-bond acceptors (Lipinski definition) is 4. The van der Waals surface area contributed by atoms with Crippen LogP contribution in [0.5, 0.6) is 0 Å². The summed E-state index contributed by atoms with van der Waals surface area (Å²) in [6.45, 7) is 0. The normalized spacial score (nSPS) is 10.7. The van der Waals surface area contributed by atoms with Crippen LogP contribution in [-0.2, 0) is 11.8 Å². The van der Waals surface area contributed by atoms with Gasteiger partial charge in [0.1, 0.15) is 0 Å². The van der Waals surface area contributed by atoms with Gasteiger partial charge in [-0.2, -0.15) is 0 Å². The molecule has 1 N–H and O–H groups in total. The number of anilines is 1. The van der Waals surface area contributed by atoms with Crippen LogP contribution in [0.4, 0.5) is 5.95 Å². The lowest BCUT2D eigenvalue weighted by molar-refractivity contribution is -0.113. The first-order chi connectivity index (χ1) is 11.1. The fraction of sp³-hybridized carbons (Fsp3) is 0.118. The Morgan fingerprint density at radius 1 is 1.17 bits per heavy atom. The molecule has 4 nitrogen and oxygen atoms in total. The molecule has 0 fully saturated rings. The van der Waals surface area contributed by atoms with E-state index in [-0.39, 0.29) is 11.7 Å². The van der Waals surface area contributed by atoms with E-state index in [2.05, 4.69) is 10.3 Å². The standard InChI is InChI=1S/C17H15N3OS2/c1-20-14-10-6-5-9-13(14)18-17(20)19-15(21)11-23-16(22)12-7-3-2-4-8-12/h2-10H,11H2,1H3,(H,18,19,21). The van der Waals surface area contributed by atoms with Crippen molar-refractivity contribution in [1.82, 2.24) is 9.55 Å². The highest BCUT2D eigenvalue weighted by Crippen LogP contribution is 2.18. The molecule has 0 radical (unpaired) electrons. The van der Waals surface area contributed by atoms with Crippen LogP contribution in [0.1, 0.15) is 5.56 Å². The van der Waals surface area contributed by atoms with E-state index in [0.717, 1.165) is 16.6 Å². The molecule has 6 heteroatoms. The van der Waals surface area contributed by atoms with Crippen molar-refractivity contribution in [3.63, 3.8) is 0 Å². The molecule has 1 heterocycles. The van der Waals surface area contributed by atoms with Crippen LogP contribution in [0.2, 0.25) is 0 Å². The lowest BCUT2D eigenvalue weighted by Gasteiger charge is -2.06. The number of nitrogens with zero attached hydrogens (tertiary/aromatic N) is 2. The fourth-order valence-corrected chi connectivity index (χ4v) is 3.16. The van der Waals surface area contributed by atoms with Crippen LogP contribution in [0.3, 0.4) is 0 Å². The zero-order valence-electron chi connectivity index (χ0n) is 12.5. The Morgan fingerprint density at radius 3 is 2.61 bits per heavy atom. The average Bonchev–Trinajstić information content (AvgIpc) is 2.90. The first-order valence-electron chi connectivity index (χ1n) is 7.08. The van der Waals surface area contributed by atoms with Crippen molar-refractivity contribution in [2.24, 2.45) is 7.05 Å². The maximum absolute atomic E-state index is 12.1. The molecule has 116 valence electrons. The molecule has 3 rings (SSSR count). The zero-order chi connectivity index (χ0) is 16.2. The van der Waals surface area contributed by atoms with Gasteiger partial charge in [-0.3, -0.25) is 10.1 Å². The maximum Gasteiger partial charge on any atom is 0.237 e. The highest BCUT2D eigenvalue weighted by Gasteiger charge is 2.11. The topological polar surface area (TPSA) is 46.9 Å². The number of imidazole rings is 1. The number of carbonyl (C=O) groups is 1. The summed E-state index contributed by atoms with van der Waals surface area (Å²) in [4.78, 5) is 16.6. The largest absolute Gasteiger partial charge is 0.313 e. The molecule has 1 aromatic heterocycles. The van der Waals surface area contributed by atoms with Gasteiger partial charge in [0.25, 0.3) is 0 Å². The van der Waals surface area contributed by atoms with E-state index in [9.17, 15) is 4.79 Å². The van der Waals surface area contributed by atoms with Crippen LogP contribution >= 0.6 is 24.0 Å². The minimum atomic E-state index is -0.119. The maximum atomic E-state index is 12.1. The Balaban J connectivity index is 1.63. The van der Waals surface area contributed by atoms with Crippen LogP contribution < -0.4 is 5.32 Å². The molecular formula is C17H15N3OS2. The van der Waals surface area contributed by atoms with Crippen LogP contribution in [0.25, 0.3) is 11.0 Å². The van der Waals surface area contributed by atoms with Gasteiger partial charge in [0.15, 0.2) is 0 Å². The Morgan fingerprint density at radius 2 is 1.87 bits per heavy atom. The Hall–Kier alpha value is -2.18. The second kappa shape index (κ2) is 6.93. The van der Waals surface area contributed by atoms with Crippen LogP contribution in [-0.4, -0.2) is 25.4 Å². The van der Waals surface area contributed by atoms with Crippen molar-refractivity contribution in [3.8, 4) is 0 Å². The smallest absolute Gasteiger partial charge is 0.237 e. The molecule has 0 aliphatic carbocycles. The third-order valence-electron chi connectivity index (χ3n) is 3.38. The molecular weight excluding hydrogens is 326 g/mol. The number of thioether (sulfide) groups is 1. The number of thiocarbonyl (C=S) groups is 1. The van der Waals surface area contributed by atoms with Crippen molar-refractivity contribution in [1.29, 1.82) is 0 Å². The Bertz CT molecular complexity index is 859. The van der Waals surface area contributed by atoms with Gasteiger partial charge in [-0.1, -0.05) is 54.7 Å². The number of para-hydroxylation sites is 2. The predicted molar refractivity (Wildman–Crippen MR) is 99.9 cm³/mol. The van der Waals surface area contributed by atoms with Crippen molar-refractivity contribution >= 4 is 51.1 Å². The summed E-state index contributed by atoms with van der Waals surface area (Å²) in [5.74, 6) is 0.686. The van der Waals surface area contributed by atoms with Gasteiger partial charge >= 0.3 is 0 Å². The third-order valence-corrected chi connectivity index (χ3v) is 4.88. The molecule has 0 aliphatic heterocycles. The SMILES string of the molecule is Cn1c(NC(=O)CSC(=S)c2ccccc2)nc2ccccc21. The van der Waals surface area contributed by atoms with Gasteiger partial charge in [0.2, 0.25) is 11.9 Å². The lowest BCUT2D eigenvalue weighted by Crippen LogP contribution is -2.17. The van der Waals surface area contributed by atoms with Crippen molar-refractivity contribution in [2.45, 2.75) is 0 Å². The van der Waals surface area contributed by atoms with Crippen molar-refractivity contribution in [3.05, 3.63) is 60.2 Å². The number of aromatic nitrogens is 2. The summed E-state index contributed by atoms with van der Waals surface area (Å²) in [5.41, 5.74) is 2.80. The quantitative estimate of drug-likeness (QED) is 0.736. The van der Waals surface area contributed by atoms with Gasteiger partial charge in [-0.15, -0.1) is 11.8 Å². The molecule has 0 spiro atoms. The first-order valence-corrected chi connectivity index (χ1v) is 8.48. The van der Waals surface area contributed by atoms with Crippen molar-refractivity contribution in [2.75, 3.05) is 11.1 Å². The summed E-state index contributed by atoms with van der Waals surface area (Å²) < 4.78 is 2.58. The fourth-order valence-electron chi connectivity index (χ4n) is 2.21. The number of aryl methyl sites for hydroxylation is 1. The first kappa shape index (κ1) is 15.7. The highest BCUT2D eigenvalue weighted by molar-refractivity contribution is 8.24. The monoisotopic (exact) mass is 341 g/mol. The van der Waals surface area contributed by atoms with E-state index in [1.807, 2.05) is 66.2 Å². The van der Waals surface area contributed by atoms with E-state index in [4.69, 9.17) is 12.2 Å². The molecule has 23 heavy (non-hydrogen) atoms. The molecule has 0 unspecified atom stereocenters. The van der Waals surface area contributed by atoms with Crippen LogP contribution in [0.15, 0.2) is 54.6 Å². The zero-order valence-corrected chi connectivity index (χ0v) is 14.2. The molecule has 1 amide bonds. The van der Waals surface area contributed by atoms with E-state index in [1.54, 1.807) is 0 Å². The summed E-state index contributed by atoms with van der Waals surface area (Å²) in [6, 6.07) is 17.5. The summed E-state index contributed by atoms with van der Waals surface area (Å²) in [6.07, 6.45) is 0.